The van der Waals surface area contributed by atoms with Crippen molar-refractivity contribution in [1.29, 1.82) is 0 Å². The van der Waals surface area contributed by atoms with E-state index in [4.69, 9.17) is 4.74 Å². The topological polar surface area (TPSA) is 26.3 Å². The van der Waals surface area contributed by atoms with Gasteiger partial charge in [0.1, 0.15) is 5.75 Å². The van der Waals surface area contributed by atoms with E-state index < -0.39 is 0 Å². The lowest BCUT2D eigenvalue weighted by atomic mass is 10.2. The average Bonchev–Trinajstić information content (AvgIpc) is 2.34. The summed E-state index contributed by atoms with van der Waals surface area (Å²) in [5.74, 6) is 0.314. The molecule has 0 aliphatic rings. The number of ether oxygens (including phenoxy) is 1. The first kappa shape index (κ1) is 13.7. The molecular formula is C16H16O2S. The molecule has 0 saturated heterocycles. The highest BCUT2D eigenvalue weighted by molar-refractivity contribution is 7.99. The summed E-state index contributed by atoms with van der Waals surface area (Å²) in [7, 11) is 0. The molecule has 98 valence electrons. The van der Waals surface area contributed by atoms with Crippen LogP contribution in [0.3, 0.4) is 0 Å². The van der Waals surface area contributed by atoms with Gasteiger partial charge in [0.15, 0.2) is 0 Å². The Morgan fingerprint density at radius 3 is 2.47 bits per heavy atom. The molecule has 0 spiro atoms. The summed E-state index contributed by atoms with van der Waals surface area (Å²) >= 11 is 1.61. The van der Waals surface area contributed by atoms with Crippen LogP contribution >= 0.6 is 11.8 Å². The fourth-order valence-electron chi connectivity index (χ4n) is 1.81. The minimum atomic E-state index is -0.298. The third kappa shape index (κ3) is 3.61. The van der Waals surface area contributed by atoms with Crippen molar-refractivity contribution in [3.63, 3.8) is 0 Å². The van der Waals surface area contributed by atoms with E-state index >= 15 is 0 Å². The number of carbonyl (C=O) groups excluding carboxylic acids is 1. The molecule has 2 aromatic carbocycles. The molecule has 0 fully saturated rings. The van der Waals surface area contributed by atoms with Crippen LogP contribution in [0.15, 0.2) is 52.3 Å². The zero-order valence-electron chi connectivity index (χ0n) is 11.3. The second-order valence-electron chi connectivity index (χ2n) is 4.41. The molecule has 2 aromatic rings. The first-order chi connectivity index (χ1) is 9.06. The van der Waals surface area contributed by atoms with Crippen molar-refractivity contribution in [1.82, 2.24) is 0 Å². The maximum absolute atomic E-state index is 11.1. The Morgan fingerprint density at radius 1 is 1.05 bits per heavy atom. The van der Waals surface area contributed by atoms with E-state index in [0.717, 1.165) is 4.90 Å². The van der Waals surface area contributed by atoms with Gasteiger partial charge < -0.3 is 4.74 Å². The van der Waals surface area contributed by atoms with Gasteiger partial charge in [-0.1, -0.05) is 41.6 Å². The fourth-order valence-corrected chi connectivity index (χ4v) is 2.76. The Kier molecular flexibility index (Phi) is 4.27. The molecule has 3 heteroatoms. The standard InChI is InChI=1S/C16H16O2S/c1-11-8-9-15(12(2)10-11)19-16-7-5-4-6-14(16)18-13(3)17/h4-10H,1-3H3. The van der Waals surface area contributed by atoms with Gasteiger partial charge in [0.05, 0.1) is 4.90 Å². The first-order valence-electron chi connectivity index (χ1n) is 6.09. The highest BCUT2D eigenvalue weighted by Crippen LogP contribution is 2.36. The minimum Gasteiger partial charge on any atom is -0.426 e. The monoisotopic (exact) mass is 272 g/mol. The molecule has 0 bridgehead atoms. The Bertz CT molecular complexity index is 605. The fraction of sp³-hybridized carbons (Fsp3) is 0.188. The van der Waals surface area contributed by atoms with Crippen LogP contribution in [-0.4, -0.2) is 5.97 Å². The number of benzene rings is 2. The maximum atomic E-state index is 11.1. The molecule has 0 N–H and O–H groups in total. The summed E-state index contributed by atoms with van der Waals surface area (Å²) in [5.41, 5.74) is 2.47. The molecular weight excluding hydrogens is 256 g/mol. The number of hydrogen-bond acceptors (Lipinski definition) is 3. The van der Waals surface area contributed by atoms with Gasteiger partial charge in [0, 0.05) is 11.8 Å². The van der Waals surface area contributed by atoms with E-state index in [9.17, 15) is 4.79 Å². The van der Waals surface area contributed by atoms with Crippen LogP contribution in [0.25, 0.3) is 0 Å². The molecule has 0 aliphatic carbocycles. The zero-order valence-corrected chi connectivity index (χ0v) is 12.1. The number of hydrogen-bond donors (Lipinski definition) is 0. The van der Waals surface area contributed by atoms with Crippen LogP contribution in [-0.2, 0) is 4.79 Å². The normalized spacial score (nSPS) is 10.3. The lowest BCUT2D eigenvalue weighted by Crippen LogP contribution is -2.02. The Morgan fingerprint density at radius 2 is 1.79 bits per heavy atom. The third-order valence-electron chi connectivity index (χ3n) is 2.65. The smallest absolute Gasteiger partial charge is 0.308 e. The SMILES string of the molecule is CC(=O)Oc1ccccc1Sc1ccc(C)cc1C. The number of aryl methyl sites for hydroxylation is 2. The summed E-state index contributed by atoms with van der Waals surface area (Å²) in [6.45, 7) is 5.58. The van der Waals surface area contributed by atoms with Crippen molar-refractivity contribution in [3.8, 4) is 5.75 Å². The maximum Gasteiger partial charge on any atom is 0.308 e. The number of rotatable bonds is 3. The van der Waals surface area contributed by atoms with E-state index in [1.165, 1.54) is 22.9 Å². The molecule has 0 amide bonds. The van der Waals surface area contributed by atoms with Gasteiger partial charge in [-0.05, 0) is 37.6 Å². The van der Waals surface area contributed by atoms with Crippen molar-refractivity contribution in [2.75, 3.05) is 0 Å². The quantitative estimate of drug-likeness (QED) is 0.612. The molecule has 0 atom stereocenters. The third-order valence-corrected chi connectivity index (χ3v) is 3.89. The van der Waals surface area contributed by atoms with E-state index in [-0.39, 0.29) is 5.97 Å². The lowest BCUT2D eigenvalue weighted by Gasteiger charge is -2.10. The van der Waals surface area contributed by atoms with Crippen molar-refractivity contribution in [2.45, 2.75) is 30.6 Å². The average molecular weight is 272 g/mol. The molecule has 0 heterocycles. The second kappa shape index (κ2) is 5.93. The lowest BCUT2D eigenvalue weighted by molar-refractivity contribution is -0.132. The summed E-state index contributed by atoms with van der Waals surface area (Å²) in [4.78, 5) is 13.2. The van der Waals surface area contributed by atoms with Crippen molar-refractivity contribution in [3.05, 3.63) is 53.6 Å². The van der Waals surface area contributed by atoms with Crippen molar-refractivity contribution >= 4 is 17.7 Å². The van der Waals surface area contributed by atoms with Crippen LogP contribution in [0.4, 0.5) is 0 Å². The molecule has 19 heavy (non-hydrogen) atoms. The zero-order chi connectivity index (χ0) is 13.8. The molecule has 0 unspecified atom stereocenters. The number of carbonyl (C=O) groups is 1. The van der Waals surface area contributed by atoms with Crippen LogP contribution < -0.4 is 4.74 Å². The van der Waals surface area contributed by atoms with E-state index in [1.807, 2.05) is 24.3 Å². The Labute approximate surface area is 117 Å². The predicted molar refractivity (Wildman–Crippen MR) is 77.8 cm³/mol. The summed E-state index contributed by atoms with van der Waals surface area (Å²) in [6, 6.07) is 13.9. The summed E-state index contributed by atoms with van der Waals surface area (Å²) in [5, 5.41) is 0. The van der Waals surface area contributed by atoms with Crippen LogP contribution in [0.5, 0.6) is 5.75 Å². The molecule has 0 radical (unpaired) electrons. The van der Waals surface area contributed by atoms with Gasteiger partial charge in [-0.25, -0.2) is 0 Å². The summed E-state index contributed by atoms with van der Waals surface area (Å²) in [6.07, 6.45) is 0. The highest BCUT2D eigenvalue weighted by Gasteiger charge is 2.08. The van der Waals surface area contributed by atoms with Gasteiger partial charge in [-0.2, -0.15) is 0 Å². The van der Waals surface area contributed by atoms with E-state index in [0.29, 0.717) is 5.75 Å². The second-order valence-corrected chi connectivity index (χ2v) is 5.50. The minimum absolute atomic E-state index is 0.298. The molecule has 2 nitrogen and oxygen atoms in total. The highest BCUT2D eigenvalue weighted by atomic mass is 32.2. The van der Waals surface area contributed by atoms with Crippen molar-refractivity contribution in [2.24, 2.45) is 0 Å². The largest absolute Gasteiger partial charge is 0.426 e. The number of esters is 1. The van der Waals surface area contributed by atoms with Crippen LogP contribution in [0.1, 0.15) is 18.1 Å². The van der Waals surface area contributed by atoms with Crippen molar-refractivity contribution < 1.29 is 9.53 Å². The Balaban J connectivity index is 2.30. The number of para-hydroxylation sites is 1. The van der Waals surface area contributed by atoms with Gasteiger partial charge in [0.25, 0.3) is 0 Å². The van der Waals surface area contributed by atoms with Crippen LogP contribution in [0, 0.1) is 13.8 Å². The predicted octanol–water partition coefficient (Wildman–Crippen LogP) is 4.38. The molecule has 0 aliphatic heterocycles. The summed E-state index contributed by atoms with van der Waals surface area (Å²) < 4.78 is 5.22. The van der Waals surface area contributed by atoms with Gasteiger partial charge in [-0.3, -0.25) is 4.79 Å². The van der Waals surface area contributed by atoms with Gasteiger partial charge >= 0.3 is 5.97 Å². The first-order valence-corrected chi connectivity index (χ1v) is 6.90. The van der Waals surface area contributed by atoms with Crippen LogP contribution in [0.2, 0.25) is 0 Å². The van der Waals surface area contributed by atoms with Gasteiger partial charge in [-0.15, -0.1) is 0 Å². The molecule has 0 saturated carbocycles. The molecule has 0 aromatic heterocycles. The van der Waals surface area contributed by atoms with Gasteiger partial charge in [0.2, 0.25) is 0 Å². The van der Waals surface area contributed by atoms with E-state index in [2.05, 4.69) is 32.0 Å². The molecule has 2 rings (SSSR count). The van der Waals surface area contributed by atoms with E-state index in [1.54, 1.807) is 11.8 Å². The Hall–Kier alpha value is -1.74.